The third-order valence-corrected chi connectivity index (χ3v) is 5.38. The Balaban J connectivity index is 1.51. The summed E-state index contributed by atoms with van der Waals surface area (Å²) < 4.78 is 0. The lowest BCUT2D eigenvalue weighted by atomic mass is 10.0. The van der Waals surface area contributed by atoms with Crippen LogP contribution in [0.2, 0.25) is 0 Å². The highest BCUT2D eigenvalue weighted by Gasteiger charge is 2.30. The van der Waals surface area contributed by atoms with E-state index in [-0.39, 0.29) is 23.7 Å². The van der Waals surface area contributed by atoms with Crippen LogP contribution in [-0.4, -0.2) is 41.6 Å². The zero-order chi connectivity index (χ0) is 17.8. The molecule has 0 bridgehead atoms. The first-order valence-corrected chi connectivity index (χ1v) is 9.25. The molecule has 2 amide bonds. The Morgan fingerprint density at radius 2 is 1.64 bits per heavy atom. The zero-order valence-electron chi connectivity index (χ0n) is 14.8. The Kier molecular flexibility index (Phi) is 5.51. The number of hydrogen-bond donors (Lipinski definition) is 1. The predicted octanol–water partition coefficient (Wildman–Crippen LogP) is 2.80. The number of piperidine rings is 1. The normalized spacial score (nSPS) is 19.0. The van der Waals surface area contributed by atoms with Crippen molar-refractivity contribution in [3.05, 3.63) is 35.4 Å². The van der Waals surface area contributed by atoms with Crippen molar-refractivity contribution in [2.75, 3.05) is 13.1 Å². The van der Waals surface area contributed by atoms with E-state index in [4.69, 9.17) is 0 Å². The van der Waals surface area contributed by atoms with Gasteiger partial charge in [0.2, 0.25) is 5.91 Å². The molecule has 2 aliphatic rings. The Morgan fingerprint density at radius 3 is 2.28 bits per heavy atom. The standard InChI is InChI=1S/C20H26N2O3/c1-14(23)16-7-4-8-17(13-16)19(24)21-18-9-11-22(12-10-18)20(25)15-5-2-3-6-15/h4,7-8,13,15,18H,2-3,5-6,9-12H2,1H3,(H,21,24). The van der Waals surface area contributed by atoms with E-state index in [1.165, 1.54) is 19.8 Å². The minimum Gasteiger partial charge on any atom is -0.349 e. The van der Waals surface area contributed by atoms with Crippen LogP contribution in [0.25, 0.3) is 0 Å². The molecule has 5 heteroatoms. The highest BCUT2D eigenvalue weighted by molar-refractivity contribution is 5.99. The number of hydrogen-bond acceptors (Lipinski definition) is 3. The monoisotopic (exact) mass is 342 g/mol. The molecule has 1 aromatic carbocycles. The third kappa shape index (κ3) is 4.27. The lowest BCUT2D eigenvalue weighted by molar-refractivity contribution is -0.136. The minimum absolute atomic E-state index is 0.0478. The SMILES string of the molecule is CC(=O)c1cccc(C(=O)NC2CCN(C(=O)C3CCCC3)CC2)c1. The predicted molar refractivity (Wildman–Crippen MR) is 95.5 cm³/mol. The quantitative estimate of drug-likeness (QED) is 0.856. The first kappa shape index (κ1) is 17.6. The minimum atomic E-state index is -0.149. The lowest BCUT2D eigenvalue weighted by Gasteiger charge is -2.34. The van der Waals surface area contributed by atoms with E-state index in [2.05, 4.69) is 5.32 Å². The van der Waals surface area contributed by atoms with Crippen molar-refractivity contribution in [3.63, 3.8) is 0 Å². The summed E-state index contributed by atoms with van der Waals surface area (Å²) in [5, 5.41) is 3.04. The van der Waals surface area contributed by atoms with E-state index in [0.717, 1.165) is 25.7 Å². The molecule has 5 nitrogen and oxygen atoms in total. The number of Topliss-reactive ketones (excluding diaryl/α,β-unsaturated/α-hetero) is 1. The third-order valence-electron chi connectivity index (χ3n) is 5.38. The average molecular weight is 342 g/mol. The van der Waals surface area contributed by atoms with Gasteiger partial charge in [0.05, 0.1) is 0 Å². The number of nitrogens with zero attached hydrogens (tertiary/aromatic N) is 1. The Morgan fingerprint density at radius 1 is 1.00 bits per heavy atom. The van der Waals surface area contributed by atoms with Gasteiger partial charge in [0.1, 0.15) is 0 Å². The van der Waals surface area contributed by atoms with Gasteiger partial charge < -0.3 is 10.2 Å². The summed E-state index contributed by atoms with van der Waals surface area (Å²) in [6.07, 6.45) is 5.97. The molecule has 1 N–H and O–H groups in total. The zero-order valence-corrected chi connectivity index (χ0v) is 14.8. The van der Waals surface area contributed by atoms with Gasteiger partial charge in [-0.05, 0) is 44.7 Å². The van der Waals surface area contributed by atoms with Gasteiger partial charge in [-0.2, -0.15) is 0 Å². The van der Waals surface area contributed by atoms with Crippen LogP contribution < -0.4 is 5.32 Å². The first-order valence-electron chi connectivity index (χ1n) is 9.25. The smallest absolute Gasteiger partial charge is 0.251 e. The number of amides is 2. The van der Waals surface area contributed by atoms with Gasteiger partial charge in [0, 0.05) is 36.2 Å². The number of benzene rings is 1. The molecule has 25 heavy (non-hydrogen) atoms. The molecule has 1 heterocycles. The van der Waals surface area contributed by atoms with Crippen LogP contribution in [0.5, 0.6) is 0 Å². The van der Waals surface area contributed by atoms with E-state index < -0.39 is 0 Å². The van der Waals surface area contributed by atoms with Gasteiger partial charge in [-0.25, -0.2) is 0 Å². The summed E-state index contributed by atoms with van der Waals surface area (Å²) in [4.78, 5) is 38.3. The molecule has 1 saturated carbocycles. The molecule has 0 radical (unpaired) electrons. The van der Waals surface area contributed by atoms with Crippen molar-refractivity contribution in [1.29, 1.82) is 0 Å². The molecule has 134 valence electrons. The van der Waals surface area contributed by atoms with Gasteiger partial charge in [0.15, 0.2) is 5.78 Å². The lowest BCUT2D eigenvalue weighted by Crippen LogP contribution is -2.47. The van der Waals surface area contributed by atoms with Crippen LogP contribution in [0.1, 0.15) is 66.2 Å². The molecule has 2 fully saturated rings. The second kappa shape index (κ2) is 7.81. The van der Waals surface area contributed by atoms with Crippen LogP contribution in [0, 0.1) is 5.92 Å². The maximum atomic E-state index is 12.5. The van der Waals surface area contributed by atoms with E-state index in [1.54, 1.807) is 24.3 Å². The topological polar surface area (TPSA) is 66.5 Å². The van der Waals surface area contributed by atoms with Crippen molar-refractivity contribution in [2.45, 2.75) is 51.5 Å². The number of rotatable bonds is 4. The van der Waals surface area contributed by atoms with Gasteiger partial charge in [-0.3, -0.25) is 14.4 Å². The summed E-state index contributed by atoms with van der Waals surface area (Å²) in [6, 6.07) is 6.89. The van der Waals surface area contributed by atoms with Gasteiger partial charge in [-0.1, -0.05) is 25.0 Å². The molecule has 0 spiro atoms. The van der Waals surface area contributed by atoms with Gasteiger partial charge >= 0.3 is 0 Å². The largest absolute Gasteiger partial charge is 0.349 e. The maximum absolute atomic E-state index is 12.5. The summed E-state index contributed by atoms with van der Waals surface area (Å²) >= 11 is 0. The summed E-state index contributed by atoms with van der Waals surface area (Å²) in [5.74, 6) is 0.328. The van der Waals surface area contributed by atoms with Gasteiger partial charge in [-0.15, -0.1) is 0 Å². The first-order chi connectivity index (χ1) is 12.0. The molecule has 1 aliphatic heterocycles. The van der Waals surface area contributed by atoms with Crippen molar-refractivity contribution >= 4 is 17.6 Å². The molecular formula is C20H26N2O3. The van der Waals surface area contributed by atoms with E-state index >= 15 is 0 Å². The fourth-order valence-corrected chi connectivity index (χ4v) is 3.82. The Labute approximate surface area is 148 Å². The summed E-state index contributed by atoms with van der Waals surface area (Å²) in [5.41, 5.74) is 1.06. The summed E-state index contributed by atoms with van der Waals surface area (Å²) in [6.45, 7) is 2.93. The number of ketones is 1. The summed E-state index contributed by atoms with van der Waals surface area (Å²) in [7, 11) is 0. The maximum Gasteiger partial charge on any atom is 0.251 e. The van der Waals surface area contributed by atoms with Crippen LogP contribution >= 0.6 is 0 Å². The molecule has 1 saturated heterocycles. The van der Waals surface area contributed by atoms with Crippen LogP contribution in [0.4, 0.5) is 0 Å². The highest BCUT2D eigenvalue weighted by atomic mass is 16.2. The van der Waals surface area contributed by atoms with E-state index in [9.17, 15) is 14.4 Å². The van der Waals surface area contributed by atoms with Crippen LogP contribution in [0.15, 0.2) is 24.3 Å². The van der Waals surface area contributed by atoms with Crippen LogP contribution in [0.3, 0.4) is 0 Å². The number of nitrogens with one attached hydrogen (secondary N) is 1. The van der Waals surface area contributed by atoms with Crippen LogP contribution in [-0.2, 0) is 4.79 Å². The molecule has 0 aromatic heterocycles. The van der Waals surface area contributed by atoms with Crippen molar-refractivity contribution in [1.82, 2.24) is 10.2 Å². The van der Waals surface area contributed by atoms with Crippen molar-refractivity contribution < 1.29 is 14.4 Å². The number of carbonyl (C=O) groups excluding carboxylic acids is 3. The fourth-order valence-electron chi connectivity index (χ4n) is 3.82. The molecular weight excluding hydrogens is 316 g/mol. The Bertz CT molecular complexity index is 657. The second-order valence-corrected chi connectivity index (χ2v) is 7.19. The van der Waals surface area contributed by atoms with Crippen molar-refractivity contribution in [2.24, 2.45) is 5.92 Å². The number of carbonyl (C=O) groups is 3. The van der Waals surface area contributed by atoms with Crippen molar-refractivity contribution in [3.8, 4) is 0 Å². The van der Waals surface area contributed by atoms with E-state index in [0.29, 0.717) is 30.1 Å². The fraction of sp³-hybridized carbons (Fsp3) is 0.550. The number of likely N-dealkylation sites (tertiary alicyclic amines) is 1. The van der Waals surface area contributed by atoms with Gasteiger partial charge in [0.25, 0.3) is 5.91 Å². The molecule has 1 aromatic rings. The Hall–Kier alpha value is -2.17. The molecule has 1 aliphatic carbocycles. The molecule has 3 rings (SSSR count). The molecule has 0 atom stereocenters. The second-order valence-electron chi connectivity index (χ2n) is 7.19. The molecule has 0 unspecified atom stereocenters. The highest BCUT2D eigenvalue weighted by Crippen LogP contribution is 2.27. The van der Waals surface area contributed by atoms with E-state index in [1.807, 2.05) is 4.90 Å². The average Bonchev–Trinajstić information content (AvgIpc) is 3.16.